The highest BCUT2D eigenvalue weighted by molar-refractivity contribution is 6.00. The summed E-state index contributed by atoms with van der Waals surface area (Å²) in [5, 5.41) is 23.8. The van der Waals surface area contributed by atoms with Gasteiger partial charge in [-0.15, -0.1) is 12.4 Å². The van der Waals surface area contributed by atoms with Crippen molar-refractivity contribution < 1.29 is 47.0 Å². The molecule has 2 aromatic carbocycles. The van der Waals surface area contributed by atoms with Gasteiger partial charge in [0.15, 0.2) is 0 Å². The first kappa shape index (κ1) is 39.0. The molecule has 11 nitrogen and oxygen atoms in total. The number of alkyl halides is 3. The number of aliphatic hydroxyl groups is 1. The number of esters is 2. The molecule has 0 saturated heterocycles. The van der Waals surface area contributed by atoms with Gasteiger partial charge in [-0.2, -0.15) is 13.2 Å². The minimum Gasteiger partial charge on any atom is -0.491 e. The zero-order chi connectivity index (χ0) is 34.4. The number of carbonyl (C=O) groups is 2. The van der Waals surface area contributed by atoms with Crippen LogP contribution in [0.5, 0.6) is 5.75 Å². The van der Waals surface area contributed by atoms with E-state index in [1.807, 2.05) is 20.8 Å². The van der Waals surface area contributed by atoms with Crippen molar-refractivity contribution in [2.24, 2.45) is 11.1 Å². The number of hydrogen-bond acceptors (Lipinski definition) is 10. The fourth-order valence-corrected chi connectivity index (χ4v) is 4.94. The smallest absolute Gasteiger partial charge is 0.431 e. The second-order valence-corrected chi connectivity index (χ2v) is 11.9. The van der Waals surface area contributed by atoms with Gasteiger partial charge in [0.1, 0.15) is 24.2 Å². The van der Waals surface area contributed by atoms with E-state index in [4.69, 9.17) is 15.2 Å². The highest BCUT2D eigenvalue weighted by Gasteiger charge is 2.47. The number of dihydropyridines is 1. The molecule has 1 aliphatic rings. The molecule has 3 rings (SSSR count). The summed E-state index contributed by atoms with van der Waals surface area (Å²) < 4.78 is 57.9. The maximum absolute atomic E-state index is 14.1. The van der Waals surface area contributed by atoms with Gasteiger partial charge in [0, 0.05) is 23.9 Å². The fraction of sp³-hybridized carbons (Fsp3) is 0.438. The largest absolute Gasteiger partial charge is 0.491 e. The number of nitrogens with one attached hydrogen (secondary N) is 1. The lowest BCUT2D eigenvalue weighted by Crippen LogP contribution is -2.47. The zero-order valence-corrected chi connectivity index (χ0v) is 27.4. The Hall–Kier alpha value is -4.14. The number of benzene rings is 2. The summed E-state index contributed by atoms with van der Waals surface area (Å²) >= 11 is 0. The third kappa shape index (κ3) is 9.92. The van der Waals surface area contributed by atoms with Crippen molar-refractivity contribution in [1.82, 2.24) is 5.32 Å². The Bertz CT molecular complexity index is 1500. The van der Waals surface area contributed by atoms with Crippen molar-refractivity contribution >= 4 is 30.0 Å². The molecule has 47 heavy (non-hydrogen) atoms. The maximum atomic E-state index is 14.1. The van der Waals surface area contributed by atoms with E-state index in [9.17, 15) is 38.0 Å². The Kier molecular flexibility index (Phi) is 13.4. The van der Waals surface area contributed by atoms with E-state index < -0.39 is 58.1 Å². The van der Waals surface area contributed by atoms with Crippen LogP contribution in [0.2, 0.25) is 0 Å². The Morgan fingerprint density at radius 1 is 1.09 bits per heavy atom. The number of nitro benzene ring substituents is 1. The van der Waals surface area contributed by atoms with Crippen LogP contribution < -0.4 is 15.8 Å². The number of aliphatic hydroxyl groups excluding tert-OH is 1. The van der Waals surface area contributed by atoms with Crippen molar-refractivity contribution in [3.63, 3.8) is 0 Å². The van der Waals surface area contributed by atoms with E-state index in [0.29, 0.717) is 18.6 Å². The molecule has 258 valence electrons. The number of rotatable bonds is 12. The molecule has 1 heterocycles. The maximum Gasteiger partial charge on any atom is 0.431 e. The van der Waals surface area contributed by atoms with Gasteiger partial charge in [0.05, 0.1) is 35.7 Å². The summed E-state index contributed by atoms with van der Waals surface area (Å²) in [4.78, 5) is 36.8. The molecule has 3 unspecified atom stereocenters. The lowest BCUT2D eigenvalue weighted by atomic mass is 9.80. The molecule has 0 fully saturated rings. The number of nitrogens with zero attached hydrogens (tertiary/aromatic N) is 1. The van der Waals surface area contributed by atoms with Gasteiger partial charge in [-0.25, -0.2) is 9.59 Å². The predicted molar refractivity (Wildman–Crippen MR) is 169 cm³/mol. The number of carbonyl (C=O) groups excluding carboxylic acids is 2. The summed E-state index contributed by atoms with van der Waals surface area (Å²) in [6.07, 6.45) is -5.08. The Labute approximate surface area is 276 Å². The summed E-state index contributed by atoms with van der Waals surface area (Å²) in [5.41, 5.74) is 3.19. The van der Waals surface area contributed by atoms with Crippen LogP contribution in [0.25, 0.3) is 0 Å². The van der Waals surface area contributed by atoms with Gasteiger partial charge in [-0.3, -0.25) is 10.1 Å². The fourth-order valence-electron chi connectivity index (χ4n) is 4.94. The first-order valence-electron chi connectivity index (χ1n) is 14.4. The van der Waals surface area contributed by atoms with Gasteiger partial charge in [-0.1, -0.05) is 45.0 Å². The van der Waals surface area contributed by atoms with E-state index in [0.717, 1.165) is 24.8 Å². The van der Waals surface area contributed by atoms with Crippen LogP contribution in [0.1, 0.15) is 51.2 Å². The zero-order valence-electron chi connectivity index (χ0n) is 26.6. The van der Waals surface area contributed by atoms with Gasteiger partial charge >= 0.3 is 18.1 Å². The van der Waals surface area contributed by atoms with Gasteiger partial charge in [0.25, 0.3) is 5.69 Å². The number of nitrogens with two attached hydrogens (primary N) is 1. The van der Waals surface area contributed by atoms with Crippen LogP contribution in [-0.4, -0.2) is 60.6 Å². The van der Waals surface area contributed by atoms with E-state index in [1.54, 1.807) is 24.3 Å². The Balaban J connectivity index is 0.00000768. The molecule has 0 bridgehead atoms. The SMILES string of the molecule is COC(=O)C1=C(C(F)(F)F)NC(C)=C(C(=O)OCCCc2ccc(OCC(O)C(N)C(C)(C)C)cc2)C1c1cccc([N+](=O)[O-])c1.Cl. The molecule has 4 N–H and O–H groups in total. The van der Waals surface area contributed by atoms with E-state index in [2.05, 4.69) is 10.1 Å². The van der Waals surface area contributed by atoms with Gasteiger partial charge in [0.2, 0.25) is 0 Å². The number of methoxy groups -OCH3 is 1. The number of allylic oxidation sites excluding steroid dienone is 2. The van der Waals surface area contributed by atoms with Gasteiger partial charge < -0.3 is 30.4 Å². The third-order valence-corrected chi connectivity index (χ3v) is 7.49. The standard InChI is InChI=1S/C32H38F3N3O8.ClH/c1-18-24(25(20-9-6-10-21(16-20)38(42)43)26(29(40)44-5)28(37-18)32(33,34)35)30(41)45-15-7-8-19-11-13-22(14-12-19)46-17-23(39)27(36)31(2,3)4;/h6,9-14,16,23,25,27,37,39H,7-8,15,17,36H2,1-5H3;1H. The summed E-state index contributed by atoms with van der Waals surface area (Å²) in [5.74, 6) is -3.50. The minimum absolute atomic E-state index is 0. The summed E-state index contributed by atoms with van der Waals surface area (Å²) in [7, 11) is 0.890. The van der Waals surface area contributed by atoms with E-state index in [1.165, 1.54) is 19.1 Å². The second-order valence-electron chi connectivity index (χ2n) is 11.9. The Morgan fingerprint density at radius 3 is 2.28 bits per heavy atom. The number of ether oxygens (including phenoxy) is 3. The Morgan fingerprint density at radius 2 is 1.72 bits per heavy atom. The van der Waals surface area contributed by atoms with Crippen LogP contribution >= 0.6 is 12.4 Å². The second kappa shape index (κ2) is 16.1. The lowest BCUT2D eigenvalue weighted by Gasteiger charge is -2.31. The van der Waals surface area contributed by atoms with Crippen LogP contribution in [0.3, 0.4) is 0 Å². The molecule has 15 heteroatoms. The third-order valence-electron chi connectivity index (χ3n) is 7.49. The lowest BCUT2D eigenvalue weighted by molar-refractivity contribution is -0.384. The van der Waals surface area contributed by atoms with Crippen molar-refractivity contribution in [3.05, 3.63) is 92.3 Å². The van der Waals surface area contributed by atoms with Crippen LogP contribution in [0, 0.1) is 15.5 Å². The van der Waals surface area contributed by atoms with Crippen molar-refractivity contribution in [2.75, 3.05) is 20.3 Å². The van der Waals surface area contributed by atoms with Crippen molar-refractivity contribution in [1.29, 1.82) is 0 Å². The van der Waals surface area contributed by atoms with Gasteiger partial charge in [-0.05, 0) is 48.4 Å². The van der Waals surface area contributed by atoms with E-state index in [-0.39, 0.29) is 47.9 Å². The van der Waals surface area contributed by atoms with Crippen LogP contribution in [0.4, 0.5) is 18.9 Å². The molecule has 0 radical (unpaired) electrons. The number of non-ortho nitro benzene ring substituents is 1. The predicted octanol–water partition coefficient (Wildman–Crippen LogP) is 5.26. The highest BCUT2D eigenvalue weighted by atomic mass is 35.5. The highest BCUT2D eigenvalue weighted by Crippen LogP contribution is 2.44. The molecule has 0 saturated carbocycles. The number of nitro groups is 1. The van der Waals surface area contributed by atoms with Crippen LogP contribution in [0.15, 0.2) is 71.1 Å². The first-order chi connectivity index (χ1) is 21.4. The van der Waals surface area contributed by atoms with Crippen molar-refractivity contribution in [2.45, 2.75) is 64.8 Å². The van der Waals surface area contributed by atoms with E-state index >= 15 is 0 Å². The number of halogens is 4. The molecular formula is C32H39ClF3N3O8. The summed E-state index contributed by atoms with van der Waals surface area (Å²) in [6.45, 7) is 6.90. The first-order valence-corrected chi connectivity index (χ1v) is 14.4. The molecular weight excluding hydrogens is 647 g/mol. The van der Waals surface area contributed by atoms with Crippen molar-refractivity contribution in [3.8, 4) is 5.75 Å². The average molecular weight is 686 g/mol. The molecule has 2 aromatic rings. The normalized spacial score (nSPS) is 16.4. The van der Waals surface area contributed by atoms with Crippen LogP contribution in [-0.2, 0) is 25.5 Å². The molecule has 0 amide bonds. The molecule has 0 aliphatic carbocycles. The molecule has 1 aliphatic heterocycles. The molecule has 0 aromatic heterocycles. The topological polar surface area (TPSA) is 163 Å². The monoisotopic (exact) mass is 685 g/mol. The summed E-state index contributed by atoms with van der Waals surface area (Å²) in [6, 6.07) is 11.2. The minimum atomic E-state index is -5.04. The molecule has 3 atom stereocenters. The number of hydrogen-bond donors (Lipinski definition) is 3. The molecule has 0 spiro atoms. The average Bonchev–Trinajstić information content (AvgIpc) is 3.00. The quantitative estimate of drug-likeness (QED) is 0.116. The number of aryl methyl sites for hydroxylation is 1.